The maximum atomic E-state index is 13.5. The SMILES string of the molecule is COc1nc2c(S(N)(=O)=O)cccc2n1-c1nc(NCc2cccc(F)c2)nc(C(N)=O)n1. The van der Waals surface area contributed by atoms with Crippen LogP contribution in [0.1, 0.15) is 16.2 Å². The summed E-state index contributed by atoms with van der Waals surface area (Å²) in [6.07, 6.45) is 0. The van der Waals surface area contributed by atoms with Crippen LogP contribution in [0.15, 0.2) is 47.4 Å². The summed E-state index contributed by atoms with van der Waals surface area (Å²) in [5, 5.41) is 8.18. The van der Waals surface area contributed by atoms with Gasteiger partial charge in [-0.3, -0.25) is 4.79 Å². The second-order valence-electron chi connectivity index (χ2n) is 6.73. The topological polar surface area (TPSA) is 181 Å². The van der Waals surface area contributed by atoms with E-state index >= 15 is 0 Å². The minimum Gasteiger partial charge on any atom is -0.468 e. The van der Waals surface area contributed by atoms with E-state index in [2.05, 4.69) is 25.3 Å². The fourth-order valence-corrected chi connectivity index (χ4v) is 3.78. The quantitative estimate of drug-likeness (QED) is 0.349. The zero-order chi connectivity index (χ0) is 23.8. The average Bonchev–Trinajstić information content (AvgIpc) is 3.15. The Morgan fingerprint density at radius 1 is 1.15 bits per heavy atom. The number of imidazole rings is 1. The number of fused-ring (bicyclic) bond motifs is 1. The predicted octanol–water partition coefficient (Wildman–Crippen LogP) is 0.717. The molecule has 0 aliphatic heterocycles. The fraction of sp³-hybridized carbons (Fsp3) is 0.105. The molecule has 1 amide bonds. The normalized spacial score (nSPS) is 11.5. The summed E-state index contributed by atoms with van der Waals surface area (Å²) in [6.45, 7) is 0.136. The van der Waals surface area contributed by atoms with Gasteiger partial charge in [0.05, 0.1) is 12.6 Å². The molecule has 0 atom stereocenters. The lowest BCUT2D eigenvalue weighted by molar-refractivity contribution is 0.0990. The third-order valence-electron chi connectivity index (χ3n) is 4.49. The molecule has 2 aromatic heterocycles. The number of methoxy groups -OCH3 is 1. The number of sulfonamides is 1. The number of benzene rings is 2. The number of anilines is 1. The number of primary amides is 1. The van der Waals surface area contributed by atoms with Crippen LogP contribution in [0.5, 0.6) is 6.01 Å². The van der Waals surface area contributed by atoms with Crippen molar-refractivity contribution in [3.8, 4) is 12.0 Å². The molecule has 0 spiro atoms. The molecule has 0 fully saturated rings. The second-order valence-corrected chi connectivity index (χ2v) is 8.26. The number of nitrogens with one attached hydrogen (secondary N) is 1. The van der Waals surface area contributed by atoms with Crippen molar-refractivity contribution in [2.75, 3.05) is 12.4 Å². The summed E-state index contributed by atoms with van der Waals surface area (Å²) < 4.78 is 44.0. The lowest BCUT2D eigenvalue weighted by atomic mass is 10.2. The highest BCUT2D eigenvalue weighted by Crippen LogP contribution is 2.28. The van der Waals surface area contributed by atoms with Crippen molar-refractivity contribution in [3.05, 3.63) is 59.7 Å². The van der Waals surface area contributed by atoms with Crippen LogP contribution in [0.4, 0.5) is 10.3 Å². The molecular weight excluding hydrogens is 455 g/mol. The third kappa shape index (κ3) is 4.42. The van der Waals surface area contributed by atoms with Gasteiger partial charge in [0.2, 0.25) is 27.7 Å². The van der Waals surface area contributed by atoms with Gasteiger partial charge in [-0.2, -0.15) is 19.9 Å². The Labute approximate surface area is 186 Å². The van der Waals surface area contributed by atoms with Crippen molar-refractivity contribution in [1.82, 2.24) is 24.5 Å². The van der Waals surface area contributed by atoms with Crippen LogP contribution in [0.2, 0.25) is 0 Å². The maximum Gasteiger partial charge on any atom is 0.304 e. The van der Waals surface area contributed by atoms with Crippen molar-refractivity contribution >= 4 is 32.9 Å². The molecule has 4 aromatic rings. The highest BCUT2D eigenvalue weighted by Gasteiger charge is 2.23. The second kappa shape index (κ2) is 8.40. The van der Waals surface area contributed by atoms with E-state index in [0.717, 1.165) is 0 Å². The number of ether oxygens (including phenoxy) is 1. The van der Waals surface area contributed by atoms with Gasteiger partial charge in [-0.25, -0.2) is 22.5 Å². The Hall–Kier alpha value is -4.17. The molecule has 0 bridgehead atoms. The monoisotopic (exact) mass is 472 g/mol. The number of rotatable bonds is 7. The van der Waals surface area contributed by atoms with Gasteiger partial charge in [-0.15, -0.1) is 0 Å². The summed E-state index contributed by atoms with van der Waals surface area (Å²) in [6, 6.07) is 10.1. The molecule has 5 N–H and O–H groups in total. The van der Waals surface area contributed by atoms with E-state index in [-0.39, 0.29) is 46.2 Å². The van der Waals surface area contributed by atoms with E-state index in [1.54, 1.807) is 18.2 Å². The lowest BCUT2D eigenvalue weighted by Crippen LogP contribution is -2.20. The van der Waals surface area contributed by atoms with Gasteiger partial charge in [-0.1, -0.05) is 18.2 Å². The number of carbonyl (C=O) groups is 1. The maximum absolute atomic E-state index is 13.5. The first-order valence-electron chi connectivity index (χ1n) is 9.30. The Kier molecular flexibility index (Phi) is 5.61. The Morgan fingerprint density at radius 3 is 2.58 bits per heavy atom. The molecule has 0 aliphatic rings. The van der Waals surface area contributed by atoms with E-state index in [4.69, 9.17) is 15.6 Å². The van der Waals surface area contributed by atoms with Crippen LogP contribution in [-0.2, 0) is 16.6 Å². The van der Waals surface area contributed by atoms with Gasteiger partial charge >= 0.3 is 6.01 Å². The number of amides is 1. The summed E-state index contributed by atoms with van der Waals surface area (Å²) in [4.78, 5) is 28.1. The molecule has 0 radical (unpaired) electrons. The minimum absolute atomic E-state index is 0.0205. The molecule has 4 rings (SSSR count). The Balaban J connectivity index is 1.85. The van der Waals surface area contributed by atoms with Gasteiger partial charge in [-0.05, 0) is 29.8 Å². The molecule has 33 heavy (non-hydrogen) atoms. The number of hydrogen-bond acceptors (Lipinski definition) is 9. The fourth-order valence-electron chi connectivity index (χ4n) is 3.09. The molecule has 12 nitrogen and oxygen atoms in total. The molecular formula is C19H17FN8O4S. The van der Waals surface area contributed by atoms with Gasteiger partial charge in [0.15, 0.2) is 0 Å². The van der Waals surface area contributed by atoms with E-state index < -0.39 is 21.7 Å². The largest absolute Gasteiger partial charge is 0.468 e. The zero-order valence-corrected chi connectivity index (χ0v) is 17.9. The first-order valence-corrected chi connectivity index (χ1v) is 10.8. The van der Waals surface area contributed by atoms with Crippen molar-refractivity contribution in [3.63, 3.8) is 0 Å². The standard InChI is InChI=1S/C19H17FN8O4S/c1-32-19-24-14-12(6-3-7-13(14)33(22,30)31)28(19)18-26-16(15(21)29)25-17(27-18)23-9-10-4-2-5-11(20)8-10/h2-8H,9H2,1H3,(H2,21,29)(H2,22,30,31)(H,23,25,26,27). The number of nitrogens with two attached hydrogens (primary N) is 2. The van der Waals surface area contributed by atoms with E-state index in [1.165, 1.54) is 35.9 Å². The third-order valence-corrected chi connectivity index (χ3v) is 5.43. The van der Waals surface area contributed by atoms with Crippen molar-refractivity contribution in [2.45, 2.75) is 11.4 Å². The first-order chi connectivity index (χ1) is 15.7. The molecule has 2 aromatic carbocycles. The van der Waals surface area contributed by atoms with Gasteiger partial charge < -0.3 is 15.8 Å². The number of aromatic nitrogens is 5. The number of para-hydroxylation sites is 1. The van der Waals surface area contributed by atoms with Gasteiger partial charge in [0.1, 0.15) is 16.2 Å². The average molecular weight is 472 g/mol. The minimum atomic E-state index is -4.10. The van der Waals surface area contributed by atoms with Crippen LogP contribution < -0.4 is 20.9 Å². The smallest absolute Gasteiger partial charge is 0.304 e. The molecule has 0 saturated heterocycles. The summed E-state index contributed by atoms with van der Waals surface area (Å²) >= 11 is 0. The summed E-state index contributed by atoms with van der Waals surface area (Å²) in [5.74, 6) is -1.87. The van der Waals surface area contributed by atoms with E-state index in [1.807, 2.05) is 0 Å². The predicted molar refractivity (Wildman–Crippen MR) is 115 cm³/mol. The number of carbonyl (C=O) groups excluding carboxylic acids is 1. The molecule has 2 heterocycles. The van der Waals surface area contributed by atoms with E-state index in [9.17, 15) is 17.6 Å². The zero-order valence-electron chi connectivity index (χ0n) is 17.1. The van der Waals surface area contributed by atoms with E-state index in [0.29, 0.717) is 5.56 Å². The summed E-state index contributed by atoms with van der Waals surface area (Å²) in [7, 11) is -2.78. The molecule has 0 unspecified atom stereocenters. The lowest BCUT2D eigenvalue weighted by Gasteiger charge is -2.10. The number of halogens is 1. The Bertz CT molecular complexity index is 1490. The molecule has 170 valence electrons. The van der Waals surface area contributed by atoms with Gasteiger partial charge in [0, 0.05) is 6.54 Å². The molecule has 14 heteroatoms. The van der Waals surface area contributed by atoms with Gasteiger partial charge in [0.25, 0.3) is 5.91 Å². The number of primary sulfonamides is 1. The first kappa shape index (κ1) is 22.0. The Morgan fingerprint density at radius 2 is 1.91 bits per heavy atom. The molecule has 0 saturated carbocycles. The van der Waals surface area contributed by atoms with Crippen LogP contribution in [0, 0.1) is 5.82 Å². The molecule has 0 aliphatic carbocycles. The highest BCUT2D eigenvalue weighted by atomic mass is 32.2. The number of hydrogen-bond donors (Lipinski definition) is 3. The summed E-state index contributed by atoms with van der Waals surface area (Å²) in [5.41, 5.74) is 6.24. The van der Waals surface area contributed by atoms with Crippen molar-refractivity contribution in [2.24, 2.45) is 10.9 Å². The highest BCUT2D eigenvalue weighted by molar-refractivity contribution is 7.89. The van der Waals surface area contributed by atoms with Crippen LogP contribution in [0.25, 0.3) is 17.0 Å². The van der Waals surface area contributed by atoms with Crippen LogP contribution in [0.3, 0.4) is 0 Å². The van der Waals surface area contributed by atoms with Crippen molar-refractivity contribution in [1.29, 1.82) is 0 Å². The number of nitrogens with zero attached hydrogens (tertiary/aromatic N) is 5. The van der Waals surface area contributed by atoms with Crippen LogP contribution in [-0.4, -0.2) is 45.9 Å². The van der Waals surface area contributed by atoms with Crippen LogP contribution >= 0.6 is 0 Å². The van der Waals surface area contributed by atoms with Crippen molar-refractivity contribution < 1.29 is 22.3 Å².